The molecule has 0 aromatic heterocycles. The molecule has 0 atom stereocenters. The van der Waals surface area contributed by atoms with Crippen molar-refractivity contribution in [1.29, 1.82) is 0 Å². The fourth-order valence-electron chi connectivity index (χ4n) is 1.60. The number of ether oxygens (including phenoxy) is 1. The smallest absolute Gasteiger partial charge is 0.235 e. The maximum absolute atomic E-state index is 12.1. The van der Waals surface area contributed by atoms with E-state index in [1.54, 1.807) is 12.0 Å². The molecule has 0 unspecified atom stereocenters. The molecule has 0 aromatic carbocycles. The molecule has 5 heteroatoms. The number of carbonyl (C=O) groups is 1. The van der Waals surface area contributed by atoms with Crippen molar-refractivity contribution in [2.75, 3.05) is 26.8 Å². The molecule has 1 rings (SSSR count). The van der Waals surface area contributed by atoms with Crippen LogP contribution in [0.5, 0.6) is 0 Å². The summed E-state index contributed by atoms with van der Waals surface area (Å²) in [5.74, 6) is 0.0644. The van der Waals surface area contributed by atoms with Crippen molar-refractivity contribution >= 4 is 23.1 Å². The molecule has 2 N–H and O–H groups in total. The van der Waals surface area contributed by atoms with Crippen LogP contribution in [0.3, 0.4) is 0 Å². The predicted molar refractivity (Wildman–Crippen MR) is 62.6 cm³/mol. The lowest BCUT2D eigenvalue weighted by atomic mass is 10.1. The second kappa shape index (κ2) is 4.90. The van der Waals surface area contributed by atoms with Gasteiger partial charge in [-0.1, -0.05) is 12.2 Å². The van der Waals surface area contributed by atoms with Gasteiger partial charge in [0.2, 0.25) is 5.91 Å². The van der Waals surface area contributed by atoms with Gasteiger partial charge in [0.05, 0.1) is 17.0 Å². The third-order valence-electron chi connectivity index (χ3n) is 2.87. The Morgan fingerprint density at radius 1 is 1.60 bits per heavy atom. The van der Waals surface area contributed by atoms with E-state index in [2.05, 4.69) is 0 Å². The highest BCUT2D eigenvalue weighted by molar-refractivity contribution is 7.80. The highest BCUT2D eigenvalue weighted by Gasteiger charge is 2.54. The Kier molecular flexibility index (Phi) is 4.04. The summed E-state index contributed by atoms with van der Waals surface area (Å²) in [5, 5.41) is 0. The van der Waals surface area contributed by atoms with Crippen molar-refractivity contribution in [3.63, 3.8) is 0 Å². The van der Waals surface area contributed by atoms with Crippen LogP contribution in [0.4, 0.5) is 0 Å². The van der Waals surface area contributed by atoms with E-state index >= 15 is 0 Å². The third kappa shape index (κ3) is 2.46. The normalized spacial score (nSPS) is 17.2. The molecule has 0 radical (unpaired) electrons. The van der Waals surface area contributed by atoms with Crippen molar-refractivity contribution in [3.05, 3.63) is 0 Å². The molecule has 1 saturated carbocycles. The zero-order chi connectivity index (χ0) is 11.5. The van der Waals surface area contributed by atoms with Crippen LogP contribution < -0.4 is 5.73 Å². The molecule has 0 aromatic rings. The first-order chi connectivity index (χ1) is 7.08. The Hall–Kier alpha value is -0.680. The molecular weight excluding hydrogens is 212 g/mol. The first-order valence-electron chi connectivity index (χ1n) is 5.16. The molecular formula is C10H18N2O2S. The van der Waals surface area contributed by atoms with Gasteiger partial charge < -0.3 is 15.4 Å². The second-order valence-corrected chi connectivity index (χ2v) is 4.26. The van der Waals surface area contributed by atoms with Crippen LogP contribution in [0.25, 0.3) is 0 Å². The van der Waals surface area contributed by atoms with Crippen molar-refractivity contribution in [3.8, 4) is 0 Å². The van der Waals surface area contributed by atoms with E-state index in [0.29, 0.717) is 24.7 Å². The fraction of sp³-hybridized carbons (Fsp3) is 0.800. The summed E-state index contributed by atoms with van der Waals surface area (Å²) >= 11 is 4.95. The van der Waals surface area contributed by atoms with Gasteiger partial charge in [-0.2, -0.15) is 0 Å². The van der Waals surface area contributed by atoms with Gasteiger partial charge in [0.25, 0.3) is 0 Å². The molecule has 0 saturated heterocycles. The predicted octanol–water partition coefficient (Wildman–Crippen LogP) is 0.548. The Morgan fingerprint density at radius 2 is 2.20 bits per heavy atom. The molecule has 15 heavy (non-hydrogen) atoms. The number of thiocarbonyl (C=S) groups is 1. The van der Waals surface area contributed by atoms with Gasteiger partial charge in [0.1, 0.15) is 0 Å². The minimum atomic E-state index is -0.529. The molecule has 0 spiro atoms. The fourth-order valence-corrected chi connectivity index (χ4v) is 1.89. The molecule has 86 valence electrons. The average Bonchev–Trinajstić information content (AvgIpc) is 2.99. The summed E-state index contributed by atoms with van der Waals surface area (Å²) in [4.78, 5) is 14.2. The number of hydrogen-bond acceptors (Lipinski definition) is 3. The highest BCUT2D eigenvalue weighted by atomic mass is 32.1. The average molecular weight is 230 g/mol. The van der Waals surface area contributed by atoms with Crippen LogP contribution in [-0.2, 0) is 9.53 Å². The first-order valence-corrected chi connectivity index (χ1v) is 5.57. The Labute approximate surface area is 95.8 Å². The van der Waals surface area contributed by atoms with Crippen molar-refractivity contribution < 1.29 is 9.53 Å². The van der Waals surface area contributed by atoms with Crippen LogP contribution in [-0.4, -0.2) is 42.6 Å². The van der Waals surface area contributed by atoms with Crippen molar-refractivity contribution in [2.45, 2.75) is 19.8 Å². The molecule has 1 amide bonds. The molecule has 0 aliphatic heterocycles. The maximum Gasteiger partial charge on any atom is 0.235 e. The van der Waals surface area contributed by atoms with Gasteiger partial charge in [-0.25, -0.2) is 0 Å². The number of rotatable bonds is 6. The SMILES string of the molecule is CCN(CCOC)C(=O)C1(C(N)=S)CC1. The van der Waals surface area contributed by atoms with Crippen LogP contribution in [0.1, 0.15) is 19.8 Å². The van der Waals surface area contributed by atoms with Crippen LogP contribution in [0, 0.1) is 5.41 Å². The second-order valence-electron chi connectivity index (χ2n) is 3.82. The third-order valence-corrected chi connectivity index (χ3v) is 3.26. The molecule has 4 nitrogen and oxygen atoms in total. The molecule has 1 fully saturated rings. The summed E-state index contributed by atoms with van der Waals surface area (Å²) in [5.41, 5.74) is 5.08. The summed E-state index contributed by atoms with van der Waals surface area (Å²) in [6, 6.07) is 0. The summed E-state index contributed by atoms with van der Waals surface area (Å²) in [7, 11) is 1.62. The van der Waals surface area contributed by atoms with E-state index in [0.717, 1.165) is 12.8 Å². The number of hydrogen-bond donors (Lipinski definition) is 1. The molecule has 1 aliphatic rings. The Morgan fingerprint density at radius 3 is 2.53 bits per heavy atom. The summed E-state index contributed by atoms with van der Waals surface area (Å²) in [6.45, 7) is 3.78. The van der Waals surface area contributed by atoms with E-state index in [4.69, 9.17) is 22.7 Å². The molecule has 0 heterocycles. The van der Waals surface area contributed by atoms with E-state index in [-0.39, 0.29) is 5.91 Å². The zero-order valence-electron chi connectivity index (χ0n) is 9.28. The van der Waals surface area contributed by atoms with Gasteiger partial charge in [-0.15, -0.1) is 0 Å². The van der Waals surface area contributed by atoms with Crippen molar-refractivity contribution in [2.24, 2.45) is 11.1 Å². The Bertz CT molecular complexity index is 264. The van der Waals surface area contributed by atoms with Crippen LogP contribution >= 0.6 is 12.2 Å². The maximum atomic E-state index is 12.1. The first kappa shape index (κ1) is 12.4. The Balaban J connectivity index is 2.61. The van der Waals surface area contributed by atoms with Gasteiger partial charge in [0, 0.05) is 20.2 Å². The number of nitrogens with two attached hydrogens (primary N) is 1. The quantitative estimate of drug-likeness (QED) is 0.677. The zero-order valence-corrected chi connectivity index (χ0v) is 10.1. The summed E-state index contributed by atoms with van der Waals surface area (Å²) in [6.07, 6.45) is 1.59. The molecule has 0 bridgehead atoms. The van der Waals surface area contributed by atoms with E-state index in [1.165, 1.54) is 0 Å². The van der Waals surface area contributed by atoms with Crippen LogP contribution in [0.2, 0.25) is 0 Å². The number of amides is 1. The minimum absolute atomic E-state index is 0.0644. The van der Waals surface area contributed by atoms with Crippen LogP contribution in [0.15, 0.2) is 0 Å². The number of likely N-dealkylation sites (N-methyl/N-ethyl adjacent to an activating group) is 1. The summed E-state index contributed by atoms with van der Waals surface area (Å²) < 4.78 is 4.96. The van der Waals surface area contributed by atoms with E-state index in [1.807, 2.05) is 6.92 Å². The van der Waals surface area contributed by atoms with Crippen molar-refractivity contribution in [1.82, 2.24) is 4.90 Å². The topological polar surface area (TPSA) is 55.6 Å². The van der Waals surface area contributed by atoms with Gasteiger partial charge in [-0.3, -0.25) is 4.79 Å². The highest BCUT2D eigenvalue weighted by Crippen LogP contribution is 2.47. The monoisotopic (exact) mass is 230 g/mol. The number of methoxy groups -OCH3 is 1. The van der Waals surface area contributed by atoms with E-state index < -0.39 is 5.41 Å². The van der Waals surface area contributed by atoms with E-state index in [9.17, 15) is 4.79 Å². The largest absolute Gasteiger partial charge is 0.392 e. The lowest BCUT2D eigenvalue weighted by molar-refractivity contribution is -0.134. The number of carbonyl (C=O) groups excluding carboxylic acids is 1. The minimum Gasteiger partial charge on any atom is -0.392 e. The number of nitrogens with zero attached hydrogens (tertiary/aromatic N) is 1. The standard InChI is InChI=1S/C10H18N2O2S/c1-3-12(6-7-14-2)9(13)10(4-5-10)8(11)15/h3-7H2,1-2H3,(H2,11,15). The van der Waals surface area contributed by atoms with Gasteiger partial charge in [-0.05, 0) is 19.8 Å². The molecule has 1 aliphatic carbocycles. The lowest BCUT2D eigenvalue weighted by Gasteiger charge is -2.25. The lowest BCUT2D eigenvalue weighted by Crippen LogP contribution is -2.43. The van der Waals surface area contributed by atoms with Gasteiger partial charge >= 0.3 is 0 Å². The van der Waals surface area contributed by atoms with Gasteiger partial charge in [0.15, 0.2) is 0 Å².